The standard InChI is InChI=1S/C17H26FNO2/c1-4-16(5-2)19(12-13-21-3)11-10-17(20)14-6-8-15(18)9-7-14/h6-9,16H,4-5,10-13H2,1-3H3. The van der Waals surface area contributed by atoms with Gasteiger partial charge in [-0.15, -0.1) is 0 Å². The number of hydrogen-bond acceptors (Lipinski definition) is 3. The fraction of sp³-hybridized carbons (Fsp3) is 0.588. The number of hydrogen-bond donors (Lipinski definition) is 0. The van der Waals surface area contributed by atoms with Crippen LogP contribution in [0.3, 0.4) is 0 Å². The summed E-state index contributed by atoms with van der Waals surface area (Å²) >= 11 is 0. The Kier molecular flexibility index (Phi) is 8.16. The molecule has 0 saturated heterocycles. The van der Waals surface area contributed by atoms with Gasteiger partial charge in [-0.3, -0.25) is 9.69 Å². The van der Waals surface area contributed by atoms with E-state index in [2.05, 4.69) is 18.7 Å². The Hall–Kier alpha value is -1.26. The van der Waals surface area contributed by atoms with Crippen molar-refractivity contribution in [3.63, 3.8) is 0 Å². The molecule has 0 heterocycles. The number of nitrogens with zero attached hydrogens (tertiary/aromatic N) is 1. The van der Waals surface area contributed by atoms with Crippen LogP contribution in [0.2, 0.25) is 0 Å². The van der Waals surface area contributed by atoms with Gasteiger partial charge in [-0.1, -0.05) is 13.8 Å². The predicted octanol–water partition coefficient (Wildman–Crippen LogP) is 3.54. The molecule has 0 N–H and O–H groups in total. The minimum absolute atomic E-state index is 0.0587. The third kappa shape index (κ3) is 5.94. The van der Waals surface area contributed by atoms with Crippen LogP contribution in [0.5, 0.6) is 0 Å². The molecule has 4 heteroatoms. The third-order valence-corrected chi connectivity index (χ3v) is 3.83. The molecule has 0 aliphatic carbocycles. The Labute approximate surface area is 127 Å². The highest BCUT2D eigenvalue weighted by Crippen LogP contribution is 2.11. The van der Waals surface area contributed by atoms with E-state index in [0.717, 1.165) is 19.4 Å². The molecule has 3 nitrogen and oxygen atoms in total. The largest absolute Gasteiger partial charge is 0.383 e. The summed E-state index contributed by atoms with van der Waals surface area (Å²) in [7, 11) is 1.69. The average molecular weight is 295 g/mol. The second-order valence-electron chi connectivity index (χ2n) is 5.18. The number of Topliss-reactive ketones (excluding diaryl/α,β-unsaturated/α-hetero) is 1. The van der Waals surface area contributed by atoms with Gasteiger partial charge in [0.05, 0.1) is 6.61 Å². The average Bonchev–Trinajstić information content (AvgIpc) is 2.50. The highest BCUT2D eigenvalue weighted by Gasteiger charge is 2.16. The Bertz CT molecular complexity index is 415. The SMILES string of the molecule is CCC(CC)N(CCOC)CCC(=O)c1ccc(F)cc1. The van der Waals surface area contributed by atoms with Gasteiger partial charge >= 0.3 is 0 Å². The lowest BCUT2D eigenvalue weighted by Crippen LogP contribution is -2.38. The van der Waals surface area contributed by atoms with Gasteiger partial charge in [-0.05, 0) is 37.1 Å². The van der Waals surface area contributed by atoms with E-state index in [9.17, 15) is 9.18 Å². The Morgan fingerprint density at radius 2 is 1.81 bits per heavy atom. The van der Waals surface area contributed by atoms with E-state index in [0.29, 0.717) is 31.2 Å². The molecule has 0 aliphatic rings. The number of methoxy groups -OCH3 is 1. The van der Waals surface area contributed by atoms with Crippen LogP contribution in [0.25, 0.3) is 0 Å². The van der Waals surface area contributed by atoms with Crippen LogP contribution in [0.1, 0.15) is 43.5 Å². The van der Waals surface area contributed by atoms with E-state index < -0.39 is 0 Å². The smallest absolute Gasteiger partial charge is 0.164 e. The van der Waals surface area contributed by atoms with E-state index in [4.69, 9.17) is 4.74 Å². The first-order valence-electron chi connectivity index (χ1n) is 7.64. The molecular weight excluding hydrogens is 269 g/mol. The van der Waals surface area contributed by atoms with Crippen molar-refractivity contribution < 1.29 is 13.9 Å². The van der Waals surface area contributed by atoms with Gasteiger partial charge in [0.1, 0.15) is 5.82 Å². The topological polar surface area (TPSA) is 29.5 Å². The maximum atomic E-state index is 12.9. The van der Waals surface area contributed by atoms with Crippen molar-refractivity contribution in [1.82, 2.24) is 4.90 Å². The minimum atomic E-state index is -0.315. The summed E-state index contributed by atoms with van der Waals surface area (Å²) in [6.07, 6.45) is 2.57. The Morgan fingerprint density at radius 3 is 2.33 bits per heavy atom. The van der Waals surface area contributed by atoms with Gasteiger partial charge < -0.3 is 4.74 Å². The minimum Gasteiger partial charge on any atom is -0.383 e. The summed E-state index contributed by atoms with van der Waals surface area (Å²) < 4.78 is 18.0. The van der Waals surface area contributed by atoms with Crippen molar-refractivity contribution in [3.8, 4) is 0 Å². The van der Waals surface area contributed by atoms with E-state index in [1.807, 2.05) is 0 Å². The van der Waals surface area contributed by atoms with Gasteiger partial charge in [0, 0.05) is 38.2 Å². The lowest BCUT2D eigenvalue weighted by molar-refractivity contribution is 0.0898. The van der Waals surface area contributed by atoms with E-state index in [1.54, 1.807) is 19.2 Å². The third-order valence-electron chi connectivity index (χ3n) is 3.83. The summed E-state index contributed by atoms with van der Waals surface area (Å²) in [6.45, 7) is 6.54. The Balaban J connectivity index is 2.58. The first-order chi connectivity index (χ1) is 10.1. The van der Waals surface area contributed by atoms with Gasteiger partial charge in [0.2, 0.25) is 0 Å². The molecule has 0 spiro atoms. The number of benzene rings is 1. The van der Waals surface area contributed by atoms with Crippen LogP contribution in [-0.2, 0) is 4.74 Å². The van der Waals surface area contributed by atoms with Gasteiger partial charge in [-0.25, -0.2) is 4.39 Å². The highest BCUT2D eigenvalue weighted by molar-refractivity contribution is 5.96. The second-order valence-corrected chi connectivity index (χ2v) is 5.18. The van der Waals surface area contributed by atoms with Crippen molar-refractivity contribution in [2.24, 2.45) is 0 Å². The molecule has 0 saturated carbocycles. The zero-order chi connectivity index (χ0) is 15.7. The number of halogens is 1. The normalized spacial score (nSPS) is 11.3. The number of carbonyl (C=O) groups is 1. The van der Waals surface area contributed by atoms with Crippen LogP contribution in [0, 0.1) is 5.82 Å². The van der Waals surface area contributed by atoms with E-state index >= 15 is 0 Å². The molecular formula is C17H26FNO2. The molecule has 21 heavy (non-hydrogen) atoms. The molecule has 1 aromatic carbocycles. The summed E-state index contributed by atoms with van der Waals surface area (Å²) in [4.78, 5) is 14.5. The van der Waals surface area contributed by atoms with Crippen LogP contribution in [0.4, 0.5) is 4.39 Å². The van der Waals surface area contributed by atoms with Crippen molar-refractivity contribution in [3.05, 3.63) is 35.6 Å². The van der Waals surface area contributed by atoms with Gasteiger partial charge in [0.25, 0.3) is 0 Å². The fourth-order valence-electron chi connectivity index (χ4n) is 2.52. The van der Waals surface area contributed by atoms with Crippen LogP contribution in [-0.4, -0.2) is 43.5 Å². The quantitative estimate of drug-likeness (QED) is 0.618. The molecule has 0 unspecified atom stereocenters. The molecule has 0 amide bonds. The molecule has 1 aromatic rings. The highest BCUT2D eigenvalue weighted by atomic mass is 19.1. The number of carbonyl (C=O) groups excluding carboxylic acids is 1. The van der Waals surface area contributed by atoms with Crippen molar-refractivity contribution in [2.75, 3.05) is 26.8 Å². The van der Waals surface area contributed by atoms with Crippen molar-refractivity contribution in [2.45, 2.75) is 39.2 Å². The van der Waals surface area contributed by atoms with Crippen LogP contribution < -0.4 is 0 Å². The second kappa shape index (κ2) is 9.64. The molecule has 0 radical (unpaired) electrons. The molecule has 0 atom stereocenters. The molecule has 0 fully saturated rings. The molecule has 1 rings (SSSR count). The molecule has 0 aromatic heterocycles. The zero-order valence-corrected chi connectivity index (χ0v) is 13.3. The van der Waals surface area contributed by atoms with Crippen molar-refractivity contribution >= 4 is 5.78 Å². The number of rotatable bonds is 10. The van der Waals surface area contributed by atoms with Crippen LogP contribution >= 0.6 is 0 Å². The summed E-state index contributed by atoms with van der Waals surface area (Å²) in [5.41, 5.74) is 0.577. The Morgan fingerprint density at radius 1 is 1.19 bits per heavy atom. The van der Waals surface area contributed by atoms with Crippen LogP contribution in [0.15, 0.2) is 24.3 Å². The molecule has 118 valence electrons. The summed E-state index contributed by atoms with van der Waals surface area (Å²) in [6, 6.07) is 6.23. The maximum absolute atomic E-state index is 12.9. The zero-order valence-electron chi connectivity index (χ0n) is 13.3. The fourth-order valence-corrected chi connectivity index (χ4v) is 2.52. The predicted molar refractivity (Wildman–Crippen MR) is 83.2 cm³/mol. The molecule has 0 aliphatic heterocycles. The van der Waals surface area contributed by atoms with E-state index in [-0.39, 0.29) is 11.6 Å². The maximum Gasteiger partial charge on any atom is 0.164 e. The first kappa shape index (κ1) is 17.8. The summed E-state index contributed by atoms with van der Waals surface area (Å²) in [5, 5.41) is 0. The van der Waals surface area contributed by atoms with E-state index in [1.165, 1.54) is 12.1 Å². The van der Waals surface area contributed by atoms with Gasteiger partial charge in [-0.2, -0.15) is 0 Å². The molecule has 0 bridgehead atoms. The number of ether oxygens (including phenoxy) is 1. The first-order valence-corrected chi connectivity index (χ1v) is 7.64. The monoisotopic (exact) mass is 295 g/mol. The van der Waals surface area contributed by atoms with Gasteiger partial charge in [0.15, 0.2) is 5.78 Å². The lowest BCUT2D eigenvalue weighted by atomic mass is 10.1. The van der Waals surface area contributed by atoms with Crippen molar-refractivity contribution in [1.29, 1.82) is 0 Å². The lowest BCUT2D eigenvalue weighted by Gasteiger charge is -2.30. The summed E-state index contributed by atoms with van der Waals surface area (Å²) in [5.74, 6) is -0.256. The number of ketones is 1.